The molecule has 0 spiro atoms. The van der Waals surface area contributed by atoms with Gasteiger partial charge in [-0.3, -0.25) is 4.90 Å². The summed E-state index contributed by atoms with van der Waals surface area (Å²) in [6.07, 6.45) is 10.1. The summed E-state index contributed by atoms with van der Waals surface area (Å²) in [4.78, 5) is 9.92. The Balaban J connectivity index is 1.67. The quantitative estimate of drug-likeness (QED) is 0.828. The molecule has 2 fully saturated rings. The van der Waals surface area contributed by atoms with E-state index in [-0.39, 0.29) is 0 Å². The van der Waals surface area contributed by atoms with Crippen LogP contribution in [0.3, 0.4) is 0 Å². The van der Waals surface area contributed by atoms with Gasteiger partial charge in [0.1, 0.15) is 5.82 Å². The number of pyridine rings is 1. The molecule has 0 N–H and O–H groups in total. The monoisotopic (exact) mass is 301 g/mol. The molecule has 0 unspecified atom stereocenters. The molecule has 0 aliphatic carbocycles. The normalized spacial score (nSPS) is 24.0. The van der Waals surface area contributed by atoms with Crippen LogP contribution in [0.25, 0.3) is 0 Å². The Hall–Kier alpha value is -1.09. The molecule has 122 valence electrons. The predicted molar refractivity (Wildman–Crippen MR) is 93.3 cm³/mol. The third kappa shape index (κ3) is 3.81. The van der Waals surface area contributed by atoms with Crippen molar-refractivity contribution in [1.82, 2.24) is 9.88 Å². The lowest BCUT2D eigenvalue weighted by molar-refractivity contribution is 0.228. The Bertz CT molecular complexity index is 446. The molecule has 2 aliphatic heterocycles. The molecule has 0 saturated carbocycles. The third-order valence-corrected chi connectivity index (χ3v) is 5.05. The summed E-state index contributed by atoms with van der Waals surface area (Å²) in [5, 5.41) is 0. The molecule has 2 aliphatic rings. The second kappa shape index (κ2) is 7.45. The van der Waals surface area contributed by atoms with Gasteiger partial charge in [-0.25, -0.2) is 4.98 Å². The van der Waals surface area contributed by atoms with Crippen molar-refractivity contribution in [1.29, 1.82) is 0 Å². The Morgan fingerprint density at radius 2 is 1.82 bits per heavy atom. The van der Waals surface area contributed by atoms with Crippen LogP contribution in [0, 0.1) is 5.92 Å². The largest absolute Gasteiger partial charge is 0.357 e. The molecule has 3 rings (SSSR count). The summed E-state index contributed by atoms with van der Waals surface area (Å²) < 4.78 is 0. The average Bonchev–Trinajstić information content (AvgIpc) is 2.80. The average molecular weight is 301 g/mol. The molecule has 0 bridgehead atoms. The van der Waals surface area contributed by atoms with Gasteiger partial charge in [-0.15, -0.1) is 0 Å². The minimum Gasteiger partial charge on any atom is -0.357 e. The van der Waals surface area contributed by atoms with E-state index in [9.17, 15) is 0 Å². The Kier molecular flexibility index (Phi) is 5.35. The summed E-state index contributed by atoms with van der Waals surface area (Å²) >= 11 is 0. The van der Waals surface area contributed by atoms with Gasteiger partial charge in [-0.05, 0) is 49.8 Å². The summed E-state index contributed by atoms with van der Waals surface area (Å²) in [6.45, 7) is 9.44. The van der Waals surface area contributed by atoms with Crippen molar-refractivity contribution >= 4 is 5.82 Å². The molecular formula is C19H31N3. The van der Waals surface area contributed by atoms with Gasteiger partial charge in [0, 0.05) is 31.9 Å². The van der Waals surface area contributed by atoms with E-state index < -0.39 is 0 Å². The fourth-order valence-corrected chi connectivity index (χ4v) is 3.97. The van der Waals surface area contributed by atoms with Crippen LogP contribution in [0.15, 0.2) is 18.3 Å². The van der Waals surface area contributed by atoms with Crippen LogP contribution < -0.4 is 4.90 Å². The number of anilines is 1. The van der Waals surface area contributed by atoms with Crippen LogP contribution in [-0.4, -0.2) is 36.1 Å². The van der Waals surface area contributed by atoms with Gasteiger partial charge in [0.25, 0.3) is 0 Å². The minimum atomic E-state index is 0.591. The molecule has 22 heavy (non-hydrogen) atoms. The van der Waals surface area contributed by atoms with Crippen LogP contribution in [0.4, 0.5) is 5.82 Å². The second-order valence-electron chi connectivity index (χ2n) is 7.40. The van der Waals surface area contributed by atoms with Gasteiger partial charge in [0.15, 0.2) is 0 Å². The standard InChI is InChI=1S/C19H31N3/c1-16(2)15-22-13-7-8-18(22)17-9-10-19(20-14-17)21-11-5-3-4-6-12-21/h9-10,14,16,18H,3-8,11-13,15H2,1-2H3/t18-/m0/s1. The van der Waals surface area contributed by atoms with E-state index in [1.807, 2.05) is 0 Å². The van der Waals surface area contributed by atoms with Gasteiger partial charge in [-0.2, -0.15) is 0 Å². The number of rotatable bonds is 4. The fourth-order valence-electron chi connectivity index (χ4n) is 3.97. The number of aromatic nitrogens is 1. The van der Waals surface area contributed by atoms with Crippen molar-refractivity contribution in [2.75, 3.05) is 31.1 Å². The van der Waals surface area contributed by atoms with Crippen LogP contribution in [0.2, 0.25) is 0 Å². The highest BCUT2D eigenvalue weighted by Crippen LogP contribution is 2.32. The SMILES string of the molecule is CC(C)CN1CCC[C@H]1c1ccc(N2CCCCCC2)nc1. The van der Waals surface area contributed by atoms with Gasteiger partial charge in [0.2, 0.25) is 0 Å². The van der Waals surface area contributed by atoms with Gasteiger partial charge < -0.3 is 4.90 Å². The van der Waals surface area contributed by atoms with E-state index in [0.29, 0.717) is 6.04 Å². The summed E-state index contributed by atoms with van der Waals surface area (Å²) in [7, 11) is 0. The molecule has 0 radical (unpaired) electrons. The van der Waals surface area contributed by atoms with Crippen molar-refractivity contribution < 1.29 is 0 Å². The maximum atomic E-state index is 4.80. The van der Waals surface area contributed by atoms with Crippen LogP contribution in [0.5, 0.6) is 0 Å². The molecule has 3 nitrogen and oxygen atoms in total. The summed E-state index contributed by atoms with van der Waals surface area (Å²) in [5.41, 5.74) is 1.41. The predicted octanol–water partition coefficient (Wildman–Crippen LogP) is 4.25. The maximum absolute atomic E-state index is 4.80. The van der Waals surface area contributed by atoms with E-state index >= 15 is 0 Å². The zero-order valence-electron chi connectivity index (χ0n) is 14.3. The number of likely N-dealkylation sites (tertiary alicyclic amines) is 1. The number of nitrogens with zero attached hydrogens (tertiary/aromatic N) is 3. The first-order chi connectivity index (χ1) is 10.7. The molecule has 1 aromatic heterocycles. The first-order valence-corrected chi connectivity index (χ1v) is 9.19. The first kappa shape index (κ1) is 15.8. The smallest absolute Gasteiger partial charge is 0.128 e. The Morgan fingerprint density at radius 1 is 1.05 bits per heavy atom. The molecular weight excluding hydrogens is 270 g/mol. The maximum Gasteiger partial charge on any atom is 0.128 e. The zero-order valence-corrected chi connectivity index (χ0v) is 14.3. The molecule has 2 saturated heterocycles. The van der Waals surface area contributed by atoms with Crippen molar-refractivity contribution in [2.45, 2.75) is 58.4 Å². The Morgan fingerprint density at radius 3 is 2.45 bits per heavy atom. The molecule has 3 heterocycles. The van der Waals surface area contributed by atoms with E-state index in [1.165, 1.54) is 76.1 Å². The molecule has 1 aromatic rings. The van der Waals surface area contributed by atoms with Gasteiger partial charge in [-0.1, -0.05) is 32.8 Å². The highest BCUT2D eigenvalue weighted by molar-refractivity contribution is 5.40. The van der Waals surface area contributed by atoms with Crippen LogP contribution in [-0.2, 0) is 0 Å². The zero-order chi connectivity index (χ0) is 15.4. The van der Waals surface area contributed by atoms with Crippen molar-refractivity contribution in [2.24, 2.45) is 5.92 Å². The van der Waals surface area contributed by atoms with Gasteiger partial charge >= 0.3 is 0 Å². The highest BCUT2D eigenvalue weighted by atomic mass is 15.2. The second-order valence-corrected chi connectivity index (χ2v) is 7.40. The van der Waals surface area contributed by atoms with Crippen LogP contribution in [0.1, 0.15) is 64.0 Å². The highest BCUT2D eigenvalue weighted by Gasteiger charge is 2.26. The van der Waals surface area contributed by atoms with Gasteiger partial charge in [0.05, 0.1) is 0 Å². The topological polar surface area (TPSA) is 19.4 Å². The lowest BCUT2D eigenvalue weighted by Gasteiger charge is -2.27. The Labute approximate surface area is 135 Å². The van der Waals surface area contributed by atoms with Crippen molar-refractivity contribution in [3.05, 3.63) is 23.9 Å². The van der Waals surface area contributed by atoms with E-state index in [4.69, 9.17) is 4.98 Å². The van der Waals surface area contributed by atoms with Crippen molar-refractivity contribution in [3.8, 4) is 0 Å². The lowest BCUT2D eigenvalue weighted by atomic mass is 10.1. The van der Waals surface area contributed by atoms with E-state index in [1.54, 1.807) is 0 Å². The lowest BCUT2D eigenvalue weighted by Crippen LogP contribution is -2.28. The van der Waals surface area contributed by atoms with Crippen molar-refractivity contribution in [3.63, 3.8) is 0 Å². The van der Waals surface area contributed by atoms with Crippen LogP contribution >= 0.6 is 0 Å². The number of hydrogen-bond donors (Lipinski definition) is 0. The summed E-state index contributed by atoms with van der Waals surface area (Å²) in [6, 6.07) is 5.18. The molecule has 1 atom stereocenters. The van der Waals surface area contributed by atoms with E-state index in [0.717, 1.165) is 5.92 Å². The third-order valence-electron chi connectivity index (χ3n) is 5.05. The molecule has 3 heteroatoms. The minimum absolute atomic E-state index is 0.591. The first-order valence-electron chi connectivity index (χ1n) is 9.19. The van der Waals surface area contributed by atoms with E-state index in [2.05, 4.69) is 42.0 Å². The molecule has 0 amide bonds. The number of hydrogen-bond acceptors (Lipinski definition) is 3. The molecule has 0 aromatic carbocycles. The summed E-state index contributed by atoms with van der Waals surface area (Å²) in [5.74, 6) is 1.92. The fraction of sp³-hybridized carbons (Fsp3) is 0.737.